The molecule has 6 heteroatoms. The van der Waals surface area contributed by atoms with Gasteiger partial charge in [-0.2, -0.15) is 0 Å². The second-order valence-corrected chi connectivity index (χ2v) is 6.18. The molecular weight excluding hydrogens is 296 g/mol. The highest BCUT2D eigenvalue weighted by atomic mass is 16.6. The van der Waals surface area contributed by atoms with E-state index < -0.39 is 10.7 Å². The van der Waals surface area contributed by atoms with Crippen LogP contribution in [0.15, 0.2) is 41.4 Å². The monoisotopic (exact) mass is 314 g/mol. The molecule has 2 aromatic carbocycles. The van der Waals surface area contributed by atoms with Gasteiger partial charge in [0.15, 0.2) is 0 Å². The minimum atomic E-state index is -0.664. The van der Waals surface area contributed by atoms with E-state index in [2.05, 4.69) is 4.99 Å². The Kier molecular flexibility index (Phi) is 4.36. The van der Waals surface area contributed by atoms with Gasteiger partial charge < -0.3 is 10.2 Å². The Balaban J connectivity index is 2.35. The van der Waals surface area contributed by atoms with E-state index in [0.29, 0.717) is 5.69 Å². The highest BCUT2D eigenvalue weighted by Crippen LogP contribution is 2.33. The first-order chi connectivity index (χ1) is 10.7. The highest BCUT2D eigenvalue weighted by molar-refractivity contribution is 5.87. The van der Waals surface area contributed by atoms with Crippen molar-refractivity contribution in [2.45, 2.75) is 26.2 Å². The van der Waals surface area contributed by atoms with Crippen LogP contribution in [0.2, 0.25) is 0 Å². The van der Waals surface area contributed by atoms with Gasteiger partial charge in [-0.15, -0.1) is 0 Å². The Morgan fingerprint density at radius 2 is 1.87 bits per heavy atom. The van der Waals surface area contributed by atoms with Gasteiger partial charge in [-0.05, 0) is 29.2 Å². The summed E-state index contributed by atoms with van der Waals surface area (Å²) in [5, 5.41) is 30.7. The number of para-hydroxylation sites is 1. The van der Waals surface area contributed by atoms with Crippen LogP contribution in [0.5, 0.6) is 11.5 Å². The number of hydrogen-bond acceptors (Lipinski definition) is 5. The summed E-state index contributed by atoms with van der Waals surface area (Å²) in [6.07, 6.45) is 1.29. The molecule has 0 atom stereocenters. The fourth-order valence-corrected chi connectivity index (χ4v) is 2.04. The fraction of sp³-hybridized carbons (Fsp3) is 0.235. The first-order valence-corrected chi connectivity index (χ1v) is 7.04. The molecule has 0 aromatic heterocycles. The number of benzene rings is 2. The Hall–Kier alpha value is -2.89. The Morgan fingerprint density at radius 3 is 2.43 bits per heavy atom. The first-order valence-electron chi connectivity index (χ1n) is 7.04. The zero-order valence-electron chi connectivity index (χ0n) is 13.1. The van der Waals surface area contributed by atoms with Gasteiger partial charge in [-0.1, -0.05) is 32.9 Å². The zero-order valence-corrected chi connectivity index (χ0v) is 13.1. The molecule has 23 heavy (non-hydrogen) atoms. The molecule has 0 saturated heterocycles. The highest BCUT2D eigenvalue weighted by Gasteiger charge is 2.16. The molecule has 0 fully saturated rings. The van der Waals surface area contributed by atoms with E-state index in [1.807, 2.05) is 26.8 Å². The average Bonchev–Trinajstić information content (AvgIpc) is 2.46. The first kappa shape index (κ1) is 16.5. The lowest BCUT2D eigenvalue weighted by molar-refractivity contribution is -0.385. The maximum atomic E-state index is 10.8. The minimum absolute atomic E-state index is 0.0126. The second kappa shape index (κ2) is 6.08. The molecule has 0 aliphatic carbocycles. The molecule has 0 aliphatic heterocycles. The molecule has 0 amide bonds. The fourth-order valence-electron chi connectivity index (χ4n) is 2.04. The van der Waals surface area contributed by atoms with Crippen LogP contribution in [0.1, 0.15) is 31.9 Å². The second-order valence-electron chi connectivity index (χ2n) is 6.18. The molecule has 0 bridgehead atoms. The molecule has 0 aliphatic rings. The van der Waals surface area contributed by atoms with Crippen LogP contribution >= 0.6 is 0 Å². The number of hydrogen-bond donors (Lipinski definition) is 2. The summed E-state index contributed by atoms with van der Waals surface area (Å²) in [5.74, 6) is -0.439. The normalized spacial score (nSPS) is 11.8. The van der Waals surface area contributed by atoms with Gasteiger partial charge in [0.1, 0.15) is 11.4 Å². The van der Waals surface area contributed by atoms with E-state index in [9.17, 15) is 20.3 Å². The van der Waals surface area contributed by atoms with Crippen LogP contribution in [0, 0.1) is 10.1 Å². The van der Waals surface area contributed by atoms with Crippen molar-refractivity contribution < 1.29 is 15.1 Å². The van der Waals surface area contributed by atoms with Crippen molar-refractivity contribution in [1.82, 2.24) is 0 Å². The Labute approximate surface area is 133 Å². The largest absolute Gasteiger partial charge is 0.506 e. The van der Waals surface area contributed by atoms with Gasteiger partial charge in [-0.25, -0.2) is 0 Å². The topological polar surface area (TPSA) is 96.0 Å². The maximum Gasteiger partial charge on any atom is 0.311 e. The van der Waals surface area contributed by atoms with Gasteiger partial charge in [0, 0.05) is 17.8 Å². The number of aromatic hydroxyl groups is 2. The third-order valence-electron chi connectivity index (χ3n) is 3.43. The third kappa shape index (κ3) is 3.66. The molecule has 0 radical (unpaired) electrons. The Morgan fingerprint density at radius 1 is 1.17 bits per heavy atom. The van der Waals surface area contributed by atoms with Crippen molar-refractivity contribution >= 4 is 17.6 Å². The molecular formula is C17H18N2O4. The number of nitro groups is 1. The standard InChI is InChI=1S/C17H18N2O4/c1-17(2,3)12-7-8-13(15(20)9-12)18-10-11-5-4-6-14(16(11)21)19(22)23/h4-10,20-21H,1-3H3. The van der Waals surface area contributed by atoms with Gasteiger partial charge in [-0.3, -0.25) is 15.1 Å². The predicted molar refractivity (Wildman–Crippen MR) is 88.8 cm³/mol. The summed E-state index contributed by atoms with van der Waals surface area (Å²) in [6, 6.07) is 9.34. The smallest absolute Gasteiger partial charge is 0.311 e. The van der Waals surface area contributed by atoms with Crippen LogP contribution in [0.3, 0.4) is 0 Å². The SMILES string of the molecule is CC(C)(C)c1ccc(N=Cc2cccc([N+](=O)[O-])c2O)c(O)c1. The number of phenolic OH excluding ortho intramolecular Hbond substituents is 2. The number of aliphatic imine (C=N–C) groups is 1. The zero-order chi connectivity index (χ0) is 17.2. The van der Waals surface area contributed by atoms with Crippen molar-refractivity contribution in [1.29, 1.82) is 0 Å². The van der Waals surface area contributed by atoms with Crippen LogP contribution in [-0.2, 0) is 5.41 Å². The molecule has 0 saturated carbocycles. The van der Waals surface area contributed by atoms with Gasteiger partial charge in [0.25, 0.3) is 0 Å². The lowest BCUT2D eigenvalue weighted by Gasteiger charge is -2.19. The van der Waals surface area contributed by atoms with E-state index in [0.717, 1.165) is 5.56 Å². The molecule has 120 valence electrons. The quantitative estimate of drug-likeness (QED) is 0.507. The van der Waals surface area contributed by atoms with E-state index in [-0.39, 0.29) is 22.4 Å². The minimum Gasteiger partial charge on any atom is -0.506 e. The number of rotatable bonds is 3. The van der Waals surface area contributed by atoms with Gasteiger partial charge >= 0.3 is 5.69 Å². The Bertz CT molecular complexity index is 777. The number of phenols is 2. The average molecular weight is 314 g/mol. The molecule has 0 spiro atoms. The molecule has 0 unspecified atom stereocenters. The van der Waals surface area contributed by atoms with E-state index in [1.165, 1.54) is 24.4 Å². The summed E-state index contributed by atoms with van der Waals surface area (Å²) in [6.45, 7) is 6.10. The van der Waals surface area contributed by atoms with E-state index in [1.54, 1.807) is 12.1 Å². The molecule has 0 heterocycles. The maximum absolute atomic E-state index is 10.8. The van der Waals surface area contributed by atoms with Crippen molar-refractivity contribution in [2.24, 2.45) is 4.99 Å². The lowest BCUT2D eigenvalue weighted by Crippen LogP contribution is -2.10. The number of nitrogens with zero attached hydrogens (tertiary/aromatic N) is 2. The van der Waals surface area contributed by atoms with Crippen LogP contribution < -0.4 is 0 Å². The molecule has 6 nitrogen and oxygen atoms in total. The molecule has 2 N–H and O–H groups in total. The predicted octanol–water partition coefficient (Wildman–Crippen LogP) is 4.05. The summed E-state index contributed by atoms with van der Waals surface area (Å²) in [7, 11) is 0. The third-order valence-corrected chi connectivity index (χ3v) is 3.43. The summed E-state index contributed by atoms with van der Waals surface area (Å²) in [5.41, 5.74) is 1.01. The van der Waals surface area contributed by atoms with Gasteiger partial charge in [0.2, 0.25) is 5.75 Å². The van der Waals surface area contributed by atoms with Crippen molar-refractivity contribution in [3.05, 3.63) is 57.6 Å². The van der Waals surface area contributed by atoms with E-state index in [4.69, 9.17) is 0 Å². The van der Waals surface area contributed by atoms with E-state index >= 15 is 0 Å². The summed E-state index contributed by atoms with van der Waals surface area (Å²) >= 11 is 0. The summed E-state index contributed by atoms with van der Waals surface area (Å²) < 4.78 is 0. The molecule has 2 aromatic rings. The van der Waals surface area contributed by atoms with Crippen molar-refractivity contribution in [3.63, 3.8) is 0 Å². The lowest BCUT2D eigenvalue weighted by atomic mass is 9.87. The van der Waals surface area contributed by atoms with Crippen molar-refractivity contribution in [3.8, 4) is 11.5 Å². The van der Waals surface area contributed by atoms with Crippen LogP contribution in [0.25, 0.3) is 0 Å². The van der Waals surface area contributed by atoms with Crippen LogP contribution in [0.4, 0.5) is 11.4 Å². The van der Waals surface area contributed by atoms with Crippen molar-refractivity contribution in [2.75, 3.05) is 0 Å². The summed E-state index contributed by atoms with van der Waals surface area (Å²) in [4.78, 5) is 14.2. The molecule has 2 rings (SSSR count). The van der Waals surface area contributed by atoms with Gasteiger partial charge in [0.05, 0.1) is 4.92 Å². The van der Waals surface area contributed by atoms with Crippen LogP contribution in [-0.4, -0.2) is 21.4 Å². The number of nitro benzene ring substituents is 1.